The summed E-state index contributed by atoms with van der Waals surface area (Å²) in [6.45, 7) is 4.78. The van der Waals surface area contributed by atoms with E-state index in [1.165, 1.54) is 0 Å². The molecule has 0 unspecified atom stereocenters. The summed E-state index contributed by atoms with van der Waals surface area (Å²) >= 11 is 0. The van der Waals surface area contributed by atoms with E-state index in [1.807, 2.05) is 74.5 Å². The number of aliphatic hydroxyl groups excluding tert-OH is 4. The second kappa shape index (κ2) is 25.4. The molecule has 0 aliphatic carbocycles. The van der Waals surface area contributed by atoms with Gasteiger partial charge in [0.15, 0.2) is 0 Å². The van der Waals surface area contributed by atoms with Crippen LogP contribution in [0.5, 0.6) is 0 Å². The van der Waals surface area contributed by atoms with Crippen LogP contribution in [0.25, 0.3) is 0 Å². The molecule has 0 saturated heterocycles. The molecule has 140 valence electrons. The largest absolute Gasteiger partial charge is 0.396 e. The van der Waals surface area contributed by atoms with E-state index in [1.54, 1.807) is 0 Å². The normalized spacial score (nSPS) is 8.24. The van der Waals surface area contributed by atoms with Gasteiger partial charge in [-0.15, -0.1) is 0 Å². The molecule has 2 aromatic carbocycles. The summed E-state index contributed by atoms with van der Waals surface area (Å²) in [6, 6.07) is 19.0. The molecular formula is C20H32O4Zr. The van der Waals surface area contributed by atoms with E-state index in [-0.39, 0.29) is 39.4 Å². The molecule has 0 aliphatic heterocycles. The van der Waals surface area contributed by atoms with E-state index in [0.717, 1.165) is 24.0 Å². The Morgan fingerprint density at radius 1 is 0.560 bits per heavy atom. The first-order valence-electron chi connectivity index (χ1n) is 8.21. The summed E-state index contributed by atoms with van der Waals surface area (Å²) in [5, 5.41) is 32.8. The molecule has 25 heavy (non-hydrogen) atoms. The molecule has 0 aliphatic rings. The van der Waals surface area contributed by atoms with Crippen molar-refractivity contribution >= 4 is 0 Å². The molecule has 0 heterocycles. The molecule has 2 rings (SSSR count). The zero-order valence-corrected chi connectivity index (χ0v) is 17.8. The van der Waals surface area contributed by atoms with Gasteiger partial charge < -0.3 is 20.4 Å². The third-order valence-electron chi connectivity index (χ3n) is 2.50. The second-order valence-electron chi connectivity index (χ2n) is 4.73. The Hall–Kier alpha value is -0.837. The Morgan fingerprint density at radius 3 is 0.920 bits per heavy atom. The summed E-state index contributed by atoms with van der Waals surface area (Å²) < 4.78 is 0. The van der Waals surface area contributed by atoms with Crippen molar-refractivity contribution in [2.24, 2.45) is 0 Å². The van der Waals surface area contributed by atoms with E-state index < -0.39 is 0 Å². The zero-order valence-electron chi connectivity index (χ0n) is 15.3. The fraction of sp³-hybridized carbons (Fsp3) is 0.400. The quantitative estimate of drug-likeness (QED) is 0.604. The Bertz CT molecular complexity index is 390. The van der Waals surface area contributed by atoms with E-state index in [9.17, 15) is 0 Å². The van der Waals surface area contributed by atoms with Gasteiger partial charge in [0.2, 0.25) is 0 Å². The maximum absolute atomic E-state index is 8.54. The van der Waals surface area contributed by atoms with Crippen molar-refractivity contribution in [2.75, 3.05) is 13.2 Å². The van der Waals surface area contributed by atoms with Gasteiger partial charge in [-0.2, -0.15) is 0 Å². The minimum Gasteiger partial charge on any atom is -0.396 e. The maximum atomic E-state index is 8.54. The van der Waals surface area contributed by atoms with E-state index >= 15 is 0 Å². The summed E-state index contributed by atoms with van der Waals surface area (Å²) in [5.41, 5.74) is 1.93. The summed E-state index contributed by atoms with van der Waals surface area (Å²) in [5.74, 6) is 0. The second-order valence-corrected chi connectivity index (χ2v) is 4.73. The van der Waals surface area contributed by atoms with Gasteiger partial charge in [-0.25, -0.2) is 0 Å². The number of hydrogen-bond acceptors (Lipinski definition) is 4. The van der Waals surface area contributed by atoms with E-state index in [0.29, 0.717) is 13.2 Å². The Labute approximate surface area is 171 Å². The molecule has 0 bridgehead atoms. The average molecular weight is 428 g/mol. The van der Waals surface area contributed by atoms with Gasteiger partial charge in [0.25, 0.3) is 0 Å². The first kappa shape index (κ1) is 28.9. The molecular weight excluding hydrogens is 395 g/mol. The van der Waals surface area contributed by atoms with E-state index in [4.69, 9.17) is 20.4 Å². The number of benzene rings is 2. The summed E-state index contributed by atoms with van der Waals surface area (Å²) in [6.07, 6.45) is 1.75. The van der Waals surface area contributed by atoms with Gasteiger partial charge in [0, 0.05) is 39.4 Å². The fourth-order valence-electron chi connectivity index (χ4n) is 1.17. The van der Waals surface area contributed by atoms with Gasteiger partial charge in [0.05, 0.1) is 13.2 Å². The van der Waals surface area contributed by atoms with Crippen molar-refractivity contribution in [3.63, 3.8) is 0 Å². The standard InChI is InChI=1S/2C7H8O.2C3H8O.Zr/c2*8-6-7-4-2-1-3-5-7;2*1-2-3-4;/h2*1-5,8H,6H2;2*4H,2-3H2,1H3;. The van der Waals surface area contributed by atoms with Gasteiger partial charge in [-0.05, 0) is 24.0 Å². The molecule has 0 spiro atoms. The monoisotopic (exact) mass is 426 g/mol. The SMILES string of the molecule is CCCO.CCCO.OCc1ccccc1.OCc1ccccc1.[Zr]. The predicted molar refractivity (Wildman–Crippen MR) is 99.5 cm³/mol. The van der Waals surface area contributed by atoms with Crippen molar-refractivity contribution in [3.05, 3.63) is 71.8 Å². The smallest absolute Gasteiger partial charge is 0.0681 e. The van der Waals surface area contributed by atoms with Gasteiger partial charge in [-0.1, -0.05) is 74.5 Å². The van der Waals surface area contributed by atoms with Crippen LogP contribution < -0.4 is 0 Å². The first-order chi connectivity index (χ1) is 11.7. The van der Waals surface area contributed by atoms with Crippen molar-refractivity contribution in [2.45, 2.75) is 39.9 Å². The molecule has 2 aromatic rings. The van der Waals surface area contributed by atoms with Crippen LogP contribution in [0.1, 0.15) is 37.8 Å². The minimum absolute atomic E-state index is 0. The van der Waals surface area contributed by atoms with Crippen LogP contribution in [-0.4, -0.2) is 33.6 Å². The summed E-state index contributed by atoms with van der Waals surface area (Å²) in [4.78, 5) is 0. The molecule has 0 saturated carbocycles. The third kappa shape index (κ3) is 23.2. The molecule has 0 radical (unpaired) electrons. The molecule has 0 aromatic heterocycles. The number of hydrogen-bond donors (Lipinski definition) is 4. The number of aliphatic hydroxyl groups is 4. The van der Waals surface area contributed by atoms with Gasteiger partial charge >= 0.3 is 0 Å². The van der Waals surface area contributed by atoms with Crippen LogP contribution in [0.4, 0.5) is 0 Å². The van der Waals surface area contributed by atoms with E-state index in [2.05, 4.69) is 0 Å². The van der Waals surface area contributed by atoms with Crippen LogP contribution in [0.15, 0.2) is 60.7 Å². The van der Waals surface area contributed by atoms with Crippen LogP contribution in [-0.2, 0) is 39.4 Å². The Kier molecular flexibility index (Phi) is 29.4. The Morgan fingerprint density at radius 2 is 0.800 bits per heavy atom. The van der Waals surface area contributed by atoms with Crippen LogP contribution in [0.2, 0.25) is 0 Å². The zero-order chi connectivity index (χ0) is 18.5. The molecule has 0 fully saturated rings. The van der Waals surface area contributed by atoms with Crippen LogP contribution in [0, 0.1) is 0 Å². The third-order valence-corrected chi connectivity index (χ3v) is 2.50. The van der Waals surface area contributed by atoms with Crippen molar-refractivity contribution < 1.29 is 46.6 Å². The Balaban J connectivity index is -0.000000270. The number of rotatable bonds is 4. The van der Waals surface area contributed by atoms with Crippen molar-refractivity contribution in [1.29, 1.82) is 0 Å². The molecule has 4 N–H and O–H groups in total. The maximum Gasteiger partial charge on any atom is 0.0681 e. The molecule has 0 amide bonds. The fourth-order valence-corrected chi connectivity index (χ4v) is 1.17. The topological polar surface area (TPSA) is 80.9 Å². The van der Waals surface area contributed by atoms with Gasteiger partial charge in [0.1, 0.15) is 0 Å². The molecule has 4 nitrogen and oxygen atoms in total. The first-order valence-corrected chi connectivity index (χ1v) is 8.21. The predicted octanol–water partition coefficient (Wildman–Crippen LogP) is 3.13. The van der Waals surface area contributed by atoms with Crippen LogP contribution in [0.3, 0.4) is 0 Å². The van der Waals surface area contributed by atoms with Crippen molar-refractivity contribution in [3.8, 4) is 0 Å². The minimum atomic E-state index is 0. The average Bonchev–Trinajstić information content (AvgIpc) is 2.70. The summed E-state index contributed by atoms with van der Waals surface area (Å²) in [7, 11) is 0. The molecule has 0 atom stereocenters. The van der Waals surface area contributed by atoms with Gasteiger partial charge in [-0.3, -0.25) is 0 Å². The van der Waals surface area contributed by atoms with Crippen LogP contribution >= 0.6 is 0 Å². The van der Waals surface area contributed by atoms with Crippen molar-refractivity contribution in [1.82, 2.24) is 0 Å². The molecule has 5 heteroatoms.